The van der Waals surface area contributed by atoms with Crippen LogP contribution >= 0.6 is 0 Å². The van der Waals surface area contributed by atoms with Crippen molar-refractivity contribution in [2.45, 2.75) is 84.3 Å². The molecule has 0 spiro atoms. The second-order valence-electron chi connectivity index (χ2n) is 13.4. The van der Waals surface area contributed by atoms with Crippen LogP contribution in [0.1, 0.15) is 87.0 Å². The minimum atomic E-state index is -0.456. The molecule has 10 heteroatoms. The third kappa shape index (κ3) is 6.98. The van der Waals surface area contributed by atoms with Gasteiger partial charge in [0, 0.05) is 55.1 Å². The van der Waals surface area contributed by atoms with Gasteiger partial charge < -0.3 is 35.0 Å². The highest BCUT2D eigenvalue weighted by Gasteiger charge is 2.28. The molecule has 4 N–H and O–H groups in total. The molecular weight excluding hydrogens is 566 g/mol. The Morgan fingerprint density at radius 3 is 2.60 bits per heavy atom. The van der Waals surface area contributed by atoms with Crippen molar-refractivity contribution in [3.63, 3.8) is 0 Å². The Labute approximate surface area is 266 Å². The average Bonchev–Trinajstić information content (AvgIpc) is 3.56. The zero-order valence-electron chi connectivity index (χ0n) is 27.5. The Morgan fingerprint density at radius 2 is 1.87 bits per heavy atom. The minimum Gasteiger partial charge on any atom is -0.395 e. The summed E-state index contributed by atoms with van der Waals surface area (Å²) in [5, 5.41) is 13.8. The van der Waals surface area contributed by atoms with Gasteiger partial charge >= 0.3 is 0 Å². The number of aryl methyl sites for hydroxylation is 2. The molecule has 0 bridgehead atoms. The van der Waals surface area contributed by atoms with Crippen molar-refractivity contribution in [3.05, 3.63) is 47.2 Å². The normalized spacial score (nSPS) is 15.2. The molecule has 1 aliphatic rings. The first-order chi connectivity index (χ1) is 21.6. The Hall–Kier alpha value is -3.60. The van der Waals surface area contributed by atoms with Gasteiger partial charge in [-0.1, -0.05) is 39.5 Å². The van der Waals surface area contributed by atoms with Gasteiger partial charge in [-0.15, -0.1) is 0 Å². The molecule has 242 valence electrons. The predicted octanol–water partition coefficient (Wildman–Crippen LogP) is 4.75. The van der Waals surface area contributed by atoms with E-state index in [1.165, 1.54) is 0 Å². The second kappa shape index (κ2) is 13.8. The number of nitrogens with one attached hydrogen (secondary N) is 1. The fourth-order valence-corrected chi connectivity index (χ4v) is 6.34. The number of nitrogens with two attached hydrogens (primary N) is 1. The highest BCUT2D eigenvalue weighted by molar-refractivity contribution is 6.00. The maximum absolute atomic E-state index is 13.4. The molecule has 0 radical (unpaired) electrons. The van der Waals surface area contributed by atoms with Gasteiger partial charge in [-0.3, -0.25) is 4.79 Å². The first-order valence-corrected chi connectivity index (χ1v) is 16.4. The number of imidazole rings is 1. The van der Waals surface area contributed by atoms with Gasteiger partial charge in [-0.05, 0) is 69.1 Å². The van der Waals surface area contributed by atoms with Gasteiger partial charge in [0.15, 0.2) is 5.82 Å². The molecule has 0 fully saturated rings. The quantitative estimate of drug-likeness (QED) is 0.130. The molecule has 1 aromatic carbocycles. The van der Waals surface area contributed by atoms with Crippen LogP contribution in [0.2, 0.25) is 0 Å². The van der Waals surface area contributed by atoms with Crippen LogP contribution in [0.15, 0.2) is 30.3 Å². The molecule has 1 aliphatic heterocycles. The topological polar surface area (TPSA) is 131 Å². The third-order valence-electron chi connectivity index (χ3n) is 9.36. The fraction of sp³-hybridized carbons (Fsp3) is 0.543. The molecule has 1 amide bonds. The van der Waals surface area contributed by atoms with E-state index in [-0.39, 0.29) is 24.0 Å². The molecule has 0 aliphatic carbocycles. The lowest BCUT2D eigenvalue weighted by molar-refractivity contribution is -0.115. The van der Waals surface area contributed by atoms with Gasteiger partial charge in [0.05, 0.1) is 29.0 Å². The van der Waals surface area contributed by atoms with Gasteiger partial charge in [0.1, 0.15) is 11.9 Å². The SMILES string of the molecule is CNC(C)c1ccc2cc(-c3nc4cc5c(cc4n3C)CCN(CC(N)CO)C5=O)n(CCCCCCCC(C)(C)C=O)c2n1. The van der Waals surface area contributed by atoms with Crippen molar-refractivity contribution in [1.29, 1.82) is 0 Å². The second-order valence-corrected chi connectivity index (χ2v) is 13.4. The number of aliphatic hydroxyl groups is 1. The predicted molar refractivity (Wildman–Crippen MR) is 179 cm³/mol. The van der Waals surface area contributed by atoms with Crippen LogP contribution in [-0.2, 0) is 24.8 Å². The smallest absolute Gasteiger partial charge is 0.254 e. The Kier molecular flexibility index (Phi) is 10.1. The summed E-state index contributed by atoms with van der Waals surface area (Å²) in [7, 11) is 3.99. The maximum atomic E-state index is 13.4. The molecule has 4 heterocycles. The Balaban J connectivity index is 1.45. The van der Waals surface area contributed by atoms with E-state index >= 15 is 0 Å². The number of aromatic nitrogens is 4. The number of nitrogens with zero attached hydrogens (tertiary/aromatic N) is 5. The fourth-order valence-electron chi connectivity index (χ4n) is 6.34. The van der Waals surface area contributed by atoms with E-state index in [0.29, 0.717) is 18.7 Å². The van der Waals surface area contributed by atoms with Crippen LogP contribution in [0, 0.1) is 5.41 Å². The highest BCUT2D eigenvalue weighted by Crippen LogP contribution is 2.33. The number of amides is 1. The highest BCUT2D eigenvalue weighted by atomic mass is 16.3. The zero-order valence-corrected chi connectivity index (χ0v) is 27.5. The number of pyridine rings is 1. The number of hydrogen-bond acceptors (Lipinski definition) is 7. The van der Waals surface area contributed by atoms with E-state index in [0.717, 1.165) is 103 Å². The number of aldehydes is 1. The summed E-state index contributed by atoms with van der Waals surface area (Å²) in [5.41, 5.74) is 12.1. The number of unbranched alkanes of at least 4 members (excludes halogenated alkanes) is 4. The van der Waals surface area contributed by atoms with Crippen molar-refractivity contribution in [2.75, 3.05) is 26.7 Å². The van der Waals surface area contributed by atoms with Crippen LogP contribution in [0.5, 0.6) is 0 Å². The van der Waals surface area contributed by atoms with E-state index in [2.05, 4.69) is 45.6 Å². The number of hydrogen-bond donors (Lipinski definition) is 3. The van der Waals surface area contributed by atoms with Crippen LogP contribution < -0.4 is 11.1 Å². The lowest BCUT2D eigenvalue weighted by atomic mass is 9.88. The molecule has 4 aromatic rings. The summed E-state index contributed by atoms with van der Waals surface area (Å²) in [6.45, 7) is 7.70. The lowest BCUT2D eigenvalue weighted by Crippen LogP contribution is -2.46. The van der Waals surface area contributed by atoms with Crippen molar-refractivity contribution in [1.82, 2.24) is 29.3 Å². The minimum absolute atomic E-state index is 0.0616. The van der Waals surface area contributed by atoms with Crippen molar-refractivity contribution < 1.29 is 14.7 Å². The van der Waals surface area contributed by atoms with E-state index < -0.39 is 6.04 Å². The van der Waals surface area contributed by atoms with Gasteiger partial charge in [-0.25, -0.2) is 9.97 Å². The van der Waals surface area contributed by atoms with Crippen molar-refractivity contribution in [2.24, 2.45) is 18.2 Å². The first-order valence-electron chi connectivity index (χ1n) is 16.4. The molecular formula is C35H49N7O3. The van der Waals surface area contributed by atoms with Gasteiger partial charge in [0.25, 0.3) is 5.91 Å². The summed E-state index contributed by atoms with van der Waals surface area (Å²) in [6, 6.07) is 10.1. The number of benzene rings is 1. The molecule has 2 atom stereocenters. The van der Waals surface area contributed by atoms with E-state index in [4.69, 9.17) is 15.7 Å². The van der Waals surface area contributed by atoms with Crippen LogP contribution in [0.4, 0.5) is 0 Å². The number of carbonyl (C=O) groups excluding carboxylic acids is 2. The largest absolute Gasteiger partial charge is 0.395 e. The van der Waals surface area contributed by atoms with Crippen molar-refractivity contribution >= 4 is 34.3 Å². The van der Waals surface area contributed by atoms with Gasteiger partial charge in [-0.2, -0.15) is 0 Å². The number of rotatable bonds is 15. The van der Waals surface area contributed by atoms with E-state index in [1.54, 1.807) is 4.90 Å². The zero-order chi connectivity index (χ0) is 32.3. The average molecular weight is 616 g/mol. The number of fused-ring (bicyclic) bond motifs is 3. The number of aliphatic hydroxyl groups excluding tert-OH is 1. The molecule has 2 unspecified atom stereocenters. The standard InChI is InChI=1S/C35H49N7O3/c1-23(37-4)28-12-11-25-18-31(42(32(25)38-28)15-10-8-6-7-9-14-35(2,3)22-44)33-39-29-19-27-24(17-30(29)40(33)5)13-16-41(34(27)45)20-26(36)21-43/h11-12,17-19,22-23,26,37,43H,6-10,13-16,20-21,36H2,1-5H3. The number of carbonyl (C=O) groups is 2. The Morgan fingerprint density at radius 1 is 1.11 bits per heavy atom. The van der Waals surface area contributed by atoms with Gasteiger partial charge in [0.2, 0.25) is 0 Å². The first kappa shape index (κ1) is 32.8. The Bertz CT molecular complexity index is 1670. The van der Waals surface area contributed by atoms with Crippen LogP contribution in [0.25, 0.3) is 33.6 Å². The van der Waals surface area contributed by atoms with E-state index in [1.807, 2.05) is 34.0 Å². The summed E-state index contributed by atoms with van der Waals surface area (Å²) in [5.74, 6) is 0.782. The molecule has 5 rings (SSSR count). The van der Waals surface area contributed by atoms with Crippen LogP contribution in [0.3, 0.4) is 0 Å². The molecule has 0 saturated carbocycles. The molecule has 3 aromatic heterocycles. The maximum Gasteiger partial charge on any atom is 0.254 e. The monoisotopic (exact) mass is 615 g/mol. The molecule has 10 nitrogen and oxygen atoms in total. The summed E-state index contributed by atoms with van der Waals surface area (Å²) in [6.07, 6.45) is 8.16. The summed E-state index contributed by atoms with van der Waals surface area (Å²) < 4.78 is 4.44. The molecule has 0 saturated heterocycles. The van der Waals surface area contributed by atoms with Crippen LogP contribution in [-0.4, -0.2) is 74.1 Å². The van der Waals surface area contributed by atoms with Crippen molar-refractivity contribution in [3.8, 4) is 11.5 Å². The molecule has 45 heavy (non-hydrogen) atoms. The lowest BCUT2D eigenvalue weighted by Gasteiger charge is -2.30. The summed E-state index contributed by atoms with van der Waals surface area (Å²) >= 11 is 0. The van der Waals surface area contributed by atoms with E-state index in [9.17, 15) is 14.7 Å². The summed E-state index contributed by atoms with van der Waals surface area (Å²) in [4.78, 5) is 36.5. The third-order valence-corrected chi connectivity index (χ3v) is 9.36.